The lowest BCUT2D eigenvalue weighted by Gasteiger charge is -1.98. The average molecular weight is 224 g/mol. The highest BCUT2D eigenvalue weighted by Crippen LogP contribution is 2.08. The molecule has 1 aromatic rings. The molecule has 0 bridgehead atoms. The standard InChI is InChI=1S/C10H8O4.H4N2/c11-9(12)6-7-10(13)14-8-4-2-1-3-5-8;1-2/h1-7H,(H,11,12);1-2H2/b7-6-;. The number of hydrogen-bond acceptors (Lipinski definition) is 5. The van der Waals surface area contributed by atoms with E-state index in [1.807, 2.05) is 0 Å². The molecule has 5 N–H and O–H groups in total. The molecule has 0 fully saturated rings. The molecule has 0 aliphatic rings. The van der Waals surface area contributed by atoms with Crippen LogP contribution in [0.1, 0.15) is 0 Å². The van der Waals surface area contributed by atoms with E-state index in [4.69, 9.17) is 9.84 Å². The van der Waals surface area contributed by atoms with E-state index >= 15 is 0 Å². The number of rotatable bonds is 3. The maximum absolute atomic E-state index is 10.9. The summed E-state index contributed by atoms with van der Waals surface area (Å²) in [6.45, 7) is 0. The lowest BCUT2D eigenvalue weighted by Crippen LogP contribution is -2.04. The number of para-hydroxylation sites is 1. The van der Waals surface area contributed by atoms with Crippen LogP contribution in [0.5, 0.6) is 5.75 Å². The fourth-order valence-electron chi connectivity index (χ4n) is 0.778. The molecule has 0 radical (unpaired) electrons. The Morgan fingerprint density at radius 3 is 2.19 bits per heavy atom. The van der Waals surface area contributed by atoms with Crippen LogP contribution in [0.15, 0.2) is 42.5 Å². The van der Waals surface area contributed by atoms with Crippen LogP contribution in [-0.2, 0) is 9.59 Å². The number of aliphatic carboxylic acids is 1. The van der Waals surface area contributed by atoms with Gasteiger partial charge in [0.1, 0.15) is 5.75 Å². The lowest BCUT2D eigenvalue weighted by atomic mass is 10.3. The summed E-state index contributed by atoms with van der Waals surface area (Å²) in [5, 5.41) is 8.23. The number of carboxylic acid groups (broad SMARTS) is 1. The van der Waals surface area contributed by atoms with Gasteiger partial charge in [-0.05, 0) is 12.1 Å². The number of carbonyl (C=O) groups is 2. The minimum absolute atomic E-state index is 0.382. The summed E-state index contributed by atoms with van der Waals surface area (Å²) in [5.41, 5.74) is 0. The van der Waals surface area contributed by atoms with E-state index in [2.05, 4.69) is 11.7 Å². The van der Waals surface area contributed by atoms with Crippen molar-refractivity contribution in [1.82, 2.24) is 0 Å². The molecule has 0 amide bonds. The fourth-order valence-corrected chi connectivity index (χ4v) is 0.778. The Balaban J connectivity index is 0.00000106. The number of hydrogen-bond donors (Lipinski definition) is 3. The second-order valence-electron chi connectivity index (χ2n) is 2.41. The maximum Gasteiger partial charge on any atom is 0.336 e. The first kappa shape index (κ1) is 13.8. The molecular weight excluding hydrogens is 212 g/mol. The van der Waals surface area contributed by atoms with E-state index in [1.165, 1.54) is 0 Å². The maximum atomic E-state index is 10.9. The molecule has 1 rings (SSSR count). The molecule has 0 aromatic heterocycles. The summed E-state index contributed by atoms with van der Waals surface area (Å²) in [6.07, 6.45) is 1.58. The van der Waals surface area contributed by atoms with Gasteiger partial charge < -0.3 is 9.84 Å². The van der Waals surface area contributed by atoms with Gasteiger partial charge in [-0.25, -0.2) is 9.59 Å². The molecule has 6 nitrogen and oxygen atoms in total. The number of nitrogens with two attached hydrogens (primary N) is 2. The number of benzene rings is 1. The smallest absolute Gasteiger partial charge is 0.336 e. The first-order chi connectivity index (χ1) is 7.68. The molecule has 0 spiro atoms. The van der Waals surface area contributed by atoms with Crippen LogP contribution in [0.25, 0.3) is 0 Å². The third kappa shape index (κ3) is 6.30. The topological polar surface area (TPSA) is 116 Å². The largest absolute Gasteiger partial charge is 0.478 e. The Morgan fingerprint density at radius 2 is 1.69 bits per heavy atom. The summed E-state index contributed by atoms with van der Waals surface area (Å²) in [4.78, 5) is 21.0. The van der Waals surface area contributed by atoms with Gasteiger partial charge in [-0.1, -0.05) is 18.2 Å². The SMILES string of the molecule is NN.O=C(O)/C=C\C(=O)Oc1ccccc1. The van der Waals surface area contributed by atoms with Crippen LogP contribution >= 0.6 is 0 Å². The van der Waals surface area contributed by atoms with Gasteiger partial charge >= 0.3 is 11.9 Å². The molecule has 0 aliphatic carbocycles. The van der Waals surface area contributed by atoms with E-state index in [0.717, 1.165) is 12.2 Å². The fraction of sp³-hybridized carbons (Fsp3) is 0. The highest BCUT2D eigenvalue weighted by molar-refractivity contribution is 5.91. The van der Waals surface area contributed by atoms with Crippen LogP contribution in [0.2, 0.25) is 0 Å². The van der Waals surface area contributed by atoms with Gasteiger partial charge in [0.25, 0.3) is 0 Å². The number of carboxylic acids is 1. The minimum Gasteiger partial charge on any atom is -0.478 e. The Kier molecular flexibility index (Phi) is 7.04. The first-order valence-electron chi connectivity index (χ1n) is 4.19. The quantitative estimate of drug-likeness (QED) is 0.220. The molecule has 0 saturated carbocycles. The third-order valence-corrected chi connectivity index (χ3v) is 1.32. The lowest BCUT2D eigenvalue weighted by molar-refractivity contribution is -0.133. The predicted octanol–water partition coefficient (Wildman–Crippen LogP) is 0.0516. The number of esters is 1. The molecule has 0 atom stereocenters. The zero-order valence-electron chi connectivity index (χ0n) is 8.37. The van der Waals surface area contributed by atoms with Gasteiger partial charge in [0.05, 0.1) is 0 Å². The normalized spacial score (nSPS) is 9.12. The van der Waals surface area contributed by atoms with Gasteiger partial charge in [0.2, 0.25) is 0 Å². The van der Waals surface area contributed by atoms with Crippen molar-refractivity contribution in [3.8, 4) is 5.75 Å². The van der Waals surface area contributed by atoms with Crippen molar-refractivity contribution in [2.75, 3.05) is 0 Å². The molecule has 0 saturated heterocycles. The van der Waals surface area contributed by atoms with Crippen molar-refractivity contribution in [1.29, 1.82) is 0 Å². The van der Waals surface area contributed by atoms with E-state index in [-0.39, 0.29) is 0 Å². The molecule has 6 heteroatoms. The van der Waals surface area contributed by atoms with Crippen LogP contribution in [0, 0.1) is 0 Å². The van der Waals surface area contributed by atoms with Crippen molar-refractivity contribution >= 4 is 11.9 Å². The summed E-state index contributed by atoms with van der Waals surface area (Å²) in [6, 6.07) is 8.41. The van der Waals surface area contributed by atoms with Crippen molar-refractivity contribution in [2.45, 2.75) is 0 Å². The summed E-state index contributed by atoms with van der Waals surface area (Å²) in [7, 11) is 0. The van der Waals surface area contributed by atoms with E-state index in [9.17, 15) is 9.59 Å². The average Bonchev–Trinajstić information content (AvgIpc) is 2.30. The third-order valence-electron chi connectivity index (χ3n) is 1.32. The van der Waals surface area contributed by atoms with Crippen LogP contribution in [-0.4, -0.2) is 17.0 Å². The van der Waals surface area contributed by atoms with Crippen molar-refractivity contribution in [3.05, 3.63) is 42.5 Å². The van der Waals surface area contributed by atoms with Gasteiger partial charge in [0, 0.05) is 12.2 Å². The van der Waals surface area contributed by atoms with Crippen molar-refractivity contribution in [3.63, 3.8) is 0 Å². The second-order valence-corrected chi connectivity index (χ2v) is 2.41. The summed E-state index contributed by atoms with van der Waals surface area (Å²) >= 11 is 0. The number of carbonyl (C=O) groups excluding carboxylic acids is 1. The first-order valence-corrected chi connectivity index (χ1v) is 4.19. The van der Waals surface area contributed by atoms with Gasteiger partial charge in [-0.3, -0.25) is 11.7 Å². The van der Waals surface area contributed by atoms with E-state index in [0.29, 0.717) is 5.75 Å². The highest BCUT2D eigenvalue weighted by atomic mass is 16.5. The van der Waals surface area contributed by atoms with Gasteiger partial charge in [-0.2, -0.15) is 0 Å². The van der Waals surface area contributed by atoms with Crippen LogP contribution in [0.3, 0.4) is 0 Å². The Labute approximate surface area is 92.1 Å². The second kappa shape index (κ2) is 8.16. The molecule has 0 heterocycles. The van der Waals surface area contributed by atoms with Gasteiger partial charge in [0.15, 0.2) is 0 Å². The molecule has 86 valence electrons. The minimum atomic E-state index is -1.19. The molecule has 1 aromatic carbocycles. The summed E-state index contributed by atoms with van der Waals surface area (Å²) in [5.74, 6) is 6.49. The zero-order valence-corrected chi connectivity index (χ0v) is 8.37. The Hall–Kier alpha value is -2.18. The zero-order chi connectivity index (χ0) is 12.4. The van der Waals surface area contributed by atoms with Crippen LogP contribution in [0.4, 0.5) is 0 Å². The Morgan fingerprint density at radius 1 is 1.12 bits per heavy atom. The summed E-state index contributed by atoms with van der Waals surface area (Å²) < 4.78 is 4.78. The molecule has 0 unspecified atom stereocenters. The van der Waals surface area contributed by atoms with Crippen molar-refractivity contribution in [2.24, 2.45) is 11.7 Å². The van der Waals surface area contributed by atoms with E-state index in [1.54, 1.807) is 30.3 Å². The molecule has 16 heavy (non-hydrogen) atoms. The highest BCUT2D eigenvalue weighted by Gasteiger charge is 1.99. The number of hydrazine groups is 1. The van der Waals surface area contributed by atoms with E-state index < -0.39 is 11.9 Å². The van der Waals surface area contributed by atoms with Gasteiger partial charge in [-0.15, -0.1) is 0 Å². The monoisotopic (exact) mass is 224 g/mol. The predicted molar refractivity (Wildman–Crippen MR) is 57.2 cm³/mol. The Bertz CT molecular complexity index is 362. The molecular formula is C10H12N2O4. The number of ether oxygens (including phenoxy) is 1. The molecule has 0 aliphatic heterocycles. The van der Waals surface area contributed by atoms with Crippen molar-refractivity contribution < 1.29 is 19.4 Å². The van der Waals surface area contributed by atoms with Crippen LogP contribution < -0.4 is 16.4 Å².